The van der Waals surface area contributed by atoms with E-state index in [1.54, 1.807) is 48.5 Å². The Morgan fingerprint density at radius 3 is 1.97 bits per heavy atom. The van der Waals surface area contributed by atoms with Crippen molar-refractivity contribution in [3.63, 3.8) is 0 Å². The third-order valence-electron chi connectivity index (χ3n) is 4.37. The number of hydrogen-bond donors (Lipinski definition) is 4. The zero-order valence-corrected chi connectivity index (χ0v) is 21.0. The zero-order valence-electron chi connectivity index (χ0n) is 21.0. The number of aliphatic carboxylic acids is 1. The molecule has 1 aliphatic rings. The number of amides is 2. The number of ether oxygens (including phenoxy) is 3. The van der Waals surface area contributed by atoms with E-state index >= 15 is 0 Å². The molecule has 1 fully saturated rings. The minimum atomic E-state index is -1.43. The Morgan fingerprint density at radius 1 is 1.03 bits per heavy atom. The minimum Gasteiger partial charge on any atom is -0.480 e. The first-order valence-corrected chi connectivity index (χ1v) is 10.9. The molecule has 0 bridgehead atoms. The SMILES string of the molecule is CC(C)(C)OC(=O)NC(C)(CCCO)C(=O)O.CC(C)(C)OC(=O)NC1(C)CCCOC1=O. The zero-order chi connectivity index (χ0) is 26.1. The van der Waals surface area contributed by atoms with Gasteiger partial charge >= 0.3 is 24.1 Å². The van der Waals surface area contributed by atoms with Crippen molar-refractivity contribution in [2.45, 2.75) is 103 Å². The lowest BCUT2D eigenvalue weighted by Gasteiger charge is -2.32. The second-order valence-corrected chi connectivity index (χ2v) is 10.3. The largest absolute Gasteiger partial charge is 0.480 e. The molecule has 2 atom stereocenters. The predicted octanol–water partition coefficient (Wildman–Crippen LogP) is 2.73. The van der Waals surface area contributed by atoms with Crippen molar-refractivity contribution in [3.05, 3.63) is 0 Å². The molecule has 1 heterocycles. The molecular formula is C22H40N2O9. The fraction of sp³-hybridized carbons (Fsp3) is 0.818. The molecule has 33 heavy (non-hydrogen) atoms. The summed E-state index contributed by atoms with van der Waals surface area (Å²) in [5.74, 6) is -1.55. The van der Waals surface area contributed by atoms with Crippen LogP contribution in [0.15, 0.2) is 0 Å². The van der Waals surface area contributed by atoms with Gasteiger partial charge in [-0.05, 0) is 81.1 Å². The number of esters is 1. The molecule has 0 aliphatic carbocycles. The molecule has 11 heteroatoms. The Labute approximate surface area is 195 Å². The van der Waals surface area contributed by atoms with Gasteiger partial charge in [0.1, 0.15) is 22.3 Å². The third-order valence-corrected chi connectivity index (χ3v) is 4.37. The Bertz CT molecular complexity index is 697. The highest BCUT2D eigenvalue weighted by atomic mass is 16.6. The molecule has 0 spiro atoms. The molecule has 0 aromatic heterocycles. The molecule has 0 radical (unpaired) electrons. The molecule has 1 rings (SSSR count). The summed E-state index contributed by atoms with van der Waals surface area (Å²) >= 11 is 0. The molecule has 0 aromatic rings. The van der Waals surface area contributed by atoms with Crippen LogP contribution in [-0.4, -0.2) is 69.8 Å². The third kappa shape index (κ3) is 12.3. The predicted molar refractivity (Wildman–Crippen MR) is 120 cm³/mol. The average Bonchev–Trinajstić information content (AvgIpc) is 2.59. The fourth-order valence-corrected chi connectivity index (χ4v) is 2.68. The van der Waals surface area contributed by atoms with E-state index in [1.165, 1.54) is 6.92 Å². The van der Waals surface area contributed by atoms with Gasteiger partial charge in [0.15, 0.2) is 0 Å². The summed E-state index contributed by atoms with van der Waals surface area (Å²) in [6.07, 6.45) is 0.383. The van der Waals surface area contributed by atoms with E-state index in [2.05, 4.69) is 10.6 Å². The Kier molecular flexibility index (Phi) is 11.1. The lowest BCUT2D eigenvalue weighted by Crippen LogP contribution is -2.56. The smallest absolute Gasteiger partial charge is 0.408 e. The lowest BCUT2D eigenvalue weighted by atomic mass is 9.94. The quantitative estimate of drug-likeness (QED) is 0.334. The number of alkyl carbamates (subject to hydrolysis) is 2. The van der Waals surface area contributed by atoms with Crippen LogP contribution >= 0.6 is 0 Å². The van der Waals surface area contributed by atoms with Gasteiger partial charge in [0.25, 0.3) is 0 Å². The fourth-order valence-electron chi connectivity index (χ4n) is 2.68. The van der Waals surface area contributed by atoms with Crippen molar-refractivity contribution in [1.29, 1.82) is 0 Å². The number of nitrogens with one attached hydrogen (secondary N) is 2. The summed E-state index contributed by atoms with van der Waals surface area (Å²) in [5.41, 5.74) is -3.63. The number of carboxylic acid groups (broad SMARTS) is 1. The van der Waals surface area contributed by atoms with Gasteiger partial charge in [-0.1, -0.05) is 0 Å². The van der Waals surface area contributed by atoms with Crippen LogP contribution in [0.3, 0.4) is 0 Å². The molecule has 11 nitrogen and oxygen atoms in total. The number of aliphatic hydroxyl groups is 1. The van der Waals surface area contributed by atoms with E-state index in [9.17, 15) is 19.2 Å². The van der Waals surface area contributed by atoms with Crippen LogP contribution in [0.25, 0.3) is 0 Å². The van der Waals surface area contributed by atoms with Gasteiger partial charge in [-0.15, -0.1) is 0 Å². The van der Waals surface area contributed by atoms with Gasteiger partial charge < -0.3 is 35.1 Å². The van der Waals surface area contributed by atoms with E-state index in [4.69, 9.17) is 24.4 Å². The maximum Gasteiger partial charge on any atom is 0.408 e. The second-order valence-electron chi connectivity index (χ2n) is 10.3. The van der Waals surface area contributed by atoms with Gasteiger partial charge in [0.05, 0.1) is 6.61 Å². The molecule has 2 amide bonds. The van der Waals surface area contributed by atoms with Gasteiger partial charge in [-0.2, -0.15) is 0 Å². The van der Waals surface area contributed by atoms with E-state index in [0.717, 1.165) is 6.42 Å². The second kappa shape index (κ2) is 12.1. The molecule has 1 aliphatic heterocycles. The molecule has 1 saturated heterocycles. The maximum absolute atomic E-state index is 11.5. The van der Waals surface area contributed by atoms with Crippen molar-refractivity contribution in [2.24, 2.45) is 0 Å². The van der Waals surface area contributed by atoms with Crippen LogP contribution < -0.4 is 10.6 Å². The van der Waals surface area contributed by atoms with Crippen LogP contribution in [0.1, 0.15) is 81.1 Å². The van der Waals surface area contributed by atoms with Crippen LogP contribution in [-0.2, 0) is 23.8 Å². The molecule has 2 unspecified atom stereocenters. The van der Waals surface area contributed by atoms with Gasteiger partial charge in [0.2, 0.25) is 0 Å². The minimum absolute atomic E-state index is 0.126. The summed E-state index contributed by atoms with van der Waals surface area (Å²) in [4.78, 5) is 45.6. The van der Waals surface area contributed by atoms with E-state index in [1.807, 2.05) is 0 Å². The van der Waals surface area contributed by atoms with E-state index in [-0.39, 0.29) is 13.0 Å². The van der Waals surface area contributed by atoms with E-state index < -0.39 is 46.4 Å². The van der Waals surface area contributed by atoms with Gasteiger partial charge in [-0.3, -0.25) is 0 Å². The summed E-state index contributed by atoms with van der Waals surface area (Å²) in [6.45, 7) is 13.7. The van der Waals surface area contributed by atoms with Crippen LogP contribution in [0.5, 0.6) is 0 Å². The normalized spacial score (nSPS) is 20.2. The van der Waals surface area contributed by atoms with E-state index in [0.29, 0.717) is 19.4 Å². The standard InChI is InChI=1S/C11H21NO5.C11H19NO4/c1-10(2,3)17-9(16)12-11(4,8(14)15)6-5-7-13;1-10(2,3)16-9(14)12-11(4)6-5-7-15-8(11)13/h13H,5-7H2,1-4H3,(H,12,16)(H,14,15);5-7H2,1-4H3,(H,12,14). The Hall–Kier alpha value is -2.56. The lowest BCUT2D eigenvalue weighted by molar-refractivity contribution is -0.155. The Morgan fingerprint density at radius 2 is 1.55 bits per heavy atom. The first-order valence-electron chi connectivity index (χ1n) is 10.9. The monoisotopic (exact) mass is 476 g/mol. The number of rotatable bonds is 6. The number of cyclic esters (lactones) is 1. The van der Waals surface area contributed by atoms with Crippen molar-refractivity contribution in [1.82, 2.24) is 10.6 Å². The maximum atomic E-state index is 11.5. The molecule has 0 aromatic carbocycles. The number of aliphatic hydroxyl groups excluding tert-OH is 1. The number of carbonyl (C=O) groups is 4. The molecule has 0 saturated carbocycles. The summed E-state index contributed by atoms with van der Waals surface area (Å²) in [5, 5.41) is 22.6. The van der Waals surface area contributed by atoms with Gasteiger partial charge in [0, 0.05) is 6.61 Å². The first-order chi connectivity index (χ1) is 14.8. The summed E-state index contributed by atoms with van der Waals surface area (Å²) in [7, 11) is 0. The van der Waals surface area contributed by atoms with Crippen LogP contribution in [0.2, 0.25) is 0 Å². The summed E-state index contributed by atoms with van der Waals surface area (Å²) < 4.78 is 15.0. The van der Waals surface area contributed by atoms with Crippen molar-refractivity contribution in [3.8, 4) is 0 Å². The number of carbonyl (C=O) groups excluding carboxylic acids is 3. The first kappa shape index (κ1) is 30.4. The molecule has 192 valence electrons. The van der Waals surface area contributed by atoms with Crippen LogP contribution in [0, 0.1) is 0 Å². The highest BCUT2D eigenvalue weighted by molar-refractivity contribution is 5.86. The van der Waals surface area contributed by atoms with Crippen molar-refractivity contribution in [2.75, 3.05) is 13.2 Å². The average molecular weight is 477 g/mol. The van der Waals surface area contributed by atoms with Crippen molar-refractivity contribution >= 4 is 24.1 Å². The van der Waals surface area contributed by atoms with Gasteiger partial charge in [-0.25, -0.2) is 19.2 Å². The van der Waals surface area contributed by atoms with Crippen LogP contribution in [0.4, 0.5) is 9.59 Å². The highest BCUT2D eigenvalue weighted by Gasteiger charge is 2.40. The van der Waals surface area contributed by atoms with Crippen molar-refractivity contribution < 1.29 is 43.6 Å². The molecular weight excluding hydrogens is 436 g/mol. The Balaban J connectivity index is 0.000000621. The molecule has 4 N–H and O–H groups in total. The number of hydrogen-bond acceptors (Lipinski definition) is 8. The topological polar surface area (TPSA) is 160 Å². The number of carboxylic acids is 1. The highest BCUT2D eigenvalue weighted by Crippen LogP contribution is 2.21. The summed E-state index contributed by atoms with van der Waals surface area (Å²) in [6, 6.07) is 0.